The fourth-order valence-corrected chi connectivity index (χ4v) is 4.23. The average molecular weight is 386 g/mol. The molecule has 1 fully saturated rings. The summed E-state index contributed by atoms with van der Waals surface area (Å²) in [6.45, 7) is 9.16. The number of benzene rings is 1. The van der Waals surface area contributed by atoms with Crippen molar-refractivity contribution in [2.75, 3.05) is 31.1 Å². The van der Waals surface area contributed by atoms with Gasteiger partial charge in [-0.3, -0.25) is 9.59 Å². The van der Waals surface area contributed by atoms with Crippen molar-refractivity contribution in [3.05, 3.63) is 29.8 Å². The maximum Gasteiger partial charge on any atom is 0.225 e. The van der Waals surface area contributed by atoms with Crippen molar-refractivity contribution in [3.63, 3.8) is 0 Å². The number of rotatable bonds is 6. The van der Waals surface area contributed by atoms with Crippen LogP contribution in [0.2, 0.25) is 0 Å². The highest BCUT2D eigenvalue weighted by Gasteiger charge is 2.28. The van der Waals surface area contributed by atoms with Gasteiger partial charge in [-0.1, -0.05) is 39.0 Å². The third kappa shape index (κ3) is 5.27. The van der Waals surface area contributed by atoms with Gasteiger partial charge in [0.1, 0.15) is 0 Å². The molecule has 154 valence electrons. The van der Waals surface area contributed by atoms with Gasteiger partial charge in [0.15, 0.2) is 0 Å². The van der Waals surface area contributed by atoms with Crippen LogP contribution in [0.25, 0.3) is 0 Å². The first-order chi connectivity index (χ1) is 13.3. The smallest absolute Gasteiger partial charge is 0.225 e. The molecule has 1 aromatic carbocycles. The van der Waals surface area contributed by atoms with Crippen LogP contribution >= 0.6 is 0 Å². The Morgan fingerprint density at radius 3 is 2.50 bits per heavy atom. The first-order valence-electron chi connectivity index (χ1n) is 10.7. The number of carbonyl (C=O) groups is 2. The van der Waals surface area contributed by atoms with E-state index in [9.17, 15) is 9.59 Å². The van der Waals surface area contributed by atoms with Crippen LogP contribution in [-0.2, 0) is 16.0 Å². The van der Waals surface area contributed by atoms with E-state index in [1.54, 1.807) is 0 Å². The molecule has 2 N–H and O–H groups in total. The number of nitrogens with zero attached hydrogens (tertiary/aromatic N) is 1. The summed E-state index contributed by atoms with van der Waals surface area (Å²) in [6, 6.07) is 8.53. The summed E-state index contributed by atoms with van der Waals surface area (Å²) >= 11 is 0. The molecule has 28 heavy (non-hydrogen) atoms. The Bertz CT molecular complexity index is 687. The molecule has 2 amide bonds. The van der Waals surface area contributed by atoms with E-state index in [2.05, 4.69) is 39.8 Å². The van der Waals surface area contributed by atoms with E-state index in [4.69, 9.17) is 0 Å². The number of hydrogen-bond donors (Lipinski definition) is 2. The highest BCUT2D eigenvalue weighted by Crippen LogP contribution is 2.29. The van der Waals surface area contributed by atoms with E-state index >= 15 is 0 Å². The molecular weight excluding hydrogens is 350 g/mol. The van der Waals surface area contributed by atoms with Gasteiger partial charge in [0.25, 0.3) is 0 Å². The van der Waals surface area contributed by atoms with Gasteiger partial charge in [0.2, 0.25) is 11.8 Å². The van der Waals surface area contributed by atoms with Crippen LogP contribution in [0.5, 0.6) is 0 Å². The minimum absolute atomic E-state index is 0.107. The van der Waals surface area contributed by atoms with Crippen molar-refractivity contribution in [2.24, 2.45) is 17.3 Å². The number of amides is 2. The van der Waals surface area contributed by atoms with Gasteiger partial charge in [-0.2, -0.15) is 0 Å². The molecule has 0 saturated heterocycles. The Kier molecular flexibility index (Phi) is 6.63. The molecular formula is C23H35N3O2. The van der Waals surface area contributed by atoms with E-state index in [-0.39, 0.29) is 23.1 Å². The van der Waals surface area contributed by atoms with Gasteiger partial charge >= 0.3 is 0 Å². The zero-order valence-electron chi connectivity index (χ0n) is 17.6. The van der Waals surface area contributed by atoms with Crippen LogP contribution in [0.4, 0.5) is 5.69 Å². The minimum atomic E-state index is -0.340. The maximum absolute atomic E-state index is 12.5. The number of hydrogen-bond acceptors (Lipinski definition) is 3. The number of carbonyl (C=O) groups excluding carboxylic acids is 2. The number of para-hydroxylation sites is 1. The van der Waals surface area contributed by atoms with E-state index in [0.717, 1.165) is 51.7 Å². The topological polar surface area (TPSA) is 61.4 Å². The number of nitrogens with one attached hydrogen (secondary N) is 2. The van der Waals surface area contributed by atoms with Crippen molar-refractivity contribution in [1.82, 2.24) is 10.6 Å². The van der Waals surface area contributed by atoms with Gasteiger partial charge in [-0.15, -0.1) is 0 Å². The normalized spacial score (nSPS) is 21.9. The Morgan fingerprint density at radius 1 is 1.07 bits per heavy atom. The molecule has 1 heterocycles. The second kappa shape index (κ2) is 8.97. The van der Waals surface area contributed by atoms with E-state index in [0.29, 0.717) is 12.5 Å². The van der Waals surface area contributed by atoms with Crippen LogP contribution in [-0.4, -0.2) is 38.0 Å². The lowest BCUT2D eigenvalue weighted by Crippen LogP contribution is -2.40. The maximum atomic E-state index is 12.5. The van der Waals surface area contributed by atoms with E-state index in [1.807, 2.05) is 20.8 Å². The van der Waals surface area contributed by atoms with Crippen molar-refractivity contribution in [3.8, 4) is 0 Å². The fraction of sp³-hybridized carbons (Fsp3) is 0.652. The zero-order valence-corrected chi connectivity index (χ0v) is 17.6. The third-order valence-corrected chi connectivity index (χ3v) is 6.11. The third-order valence-electron chi connectivity index (χ3n) is 6.11. The second-order valence-corrected chi connectivity index (χ2v) is 9.33. The molecule has 0 unspecified atom stereocenters. The predicted octanol–water partition coefficient (Wildman–Crippen LogP) is 3.13. The first-order valence-corrected chi connectivity index (χ1v) is 10.7. The summed E-state index contributed by atoms with van der Waals surface area (Å²) in [7, 11) is 0. The Balaban J connectivity index is 1.34. The molecule has 0 aromatic heterocycles. The van der Waals surface area contributed by atoms with Crippen molar-refractivity contribution in [1.29, 1.82) is 0 Å². The number of anilines is 1. The highest BCUT2D eigenvalue weighted by molar-refractivity contribution is 5.81. The van der Waals surface area contributed by atoms with E-state index < -0.39 is 0 Å². The zero-order chi connectivity index (χ0) is 20.1. The monoisotopic (exact) mass is 385 g/mol. The van der Waals surface area contributed by atoms with Crippen LogP contribution in [0, 0.1) is 17.3 Å². The molecule has 0 bridgehead atoms. The Hall–Kier alpha value is -2.04. The van der Waals surface area contributed by atoms with E-state index in [1.165, 1.54) is 11.3 Å². The van der Waals surface area contributed by atoms with Crippen LogP contribution < -0.4 is 15.5 Å². The summed E-state index contributed by atoms with van der Waals surface area (Å²) in [5.74, 6) is 0.928. The summed E-state index contributed by atoms with van der Waals surface area (Å²) in [4.78, 5) is 26.9. The van der Waals surface area contributed by atoms with Crippen LogP contribution in [0.1, 0.15) is 52.0 Å². The van der Waals surface area contributed by atoms with Crippen LogP contribution in [0.15, 0.2) is 24.3 Å². The van der Waals surface area contributed by atoms with Crippen molar-refractivity contribution >= 4 is 17.5 Å². The van der Waals surface area contributed by atoms with Gasteiger partial charge < -0.3 is 15.5 Å². The lowest BCUT2D eigenvalue weighted by atomic mass is 9.81. The quantitative estimate of drug-likeness (QED) is 0.791. The molecule has 0 spiro atoms. The molecule has 1 aromatic rings. The van der Waals surface area contributed by atoms with Gasteiger partial charge in [-0.05, 0) is 49.7 Å². The van der Waals surface area contributed by atoms with Gasteiger partial charge in [0.05, 0.1) is 0 Å². The van der Waals surface area contributed by atoms with Crippen molar-refractivity contribution in [2.45, 2.75) is 52.9 Å². The van der Waals surface area contributed by atoms with Crippen LogP contribution in [0.3, 0.4) is 0 Å². The summed E-state index contributed by atoms with van der Waals surface area (Å²) in [5.41, 5.74) is 2.38. The lowest BCUT2D eigenvalue weighted by molar-refractivity contribution is -0.129. The Labute approximate surface area is 169 Å². The fourth-order valence-electron chi connectivity index (χ4n) is 4.23. The minimum Gasteiger partial charge on any atom is -0.369 e. The molecule has 1 aliphatic heterocycles. The molecule has 0 atom stereocenters. The number of fused-ring (bicyclic) bond motifs is 1. The standard InChI is InChI=1S/C23H35N3O2/c1-23(2,3)22(28)25-16-17-8-10-19(11-9-17)21(27)24-13-15-26-14-12-18-6-4-5-7-20(18)26/h4-7,17,19H,8-16H2,1-3H3,(H,24,27)(H,25,28). The molecule has 1 saturated carbocycles. The molecule has 5 nitrogen and oxygen atoms in total. The molecule has 3 rings (SSSR count). The largest absolute Gasteiger partial charge is 0.369 e. The summed E-state index contributed by atoms with van der Waals surface area (Å²) in [5, 5.41) is 6.21. The first kappa shape index (κ1) is 20.7. The average Bonchev–Trinajstić information content (AvgIpc) is 3.09. The predicted molar refractivity (Wildman–Crippen MR) is 113 cm³/mol. The summed E-state index contributed by atoms with van der Waals surface area (Å²) in [6.07, 6.45) is 4.98. The Morgan fingerprint density at radius 2 is 1.79 bits per heavy atom. The van der Waals surface area contributed by atoms with Gasteiger partial charge in [-0.25, -0.2) is 0 Å². The van der Waals surface area contributed by atoms with Gasteiger partial charge in [0, 0.05) is 43.2 Å². The molecule has 0 radical (unpaired) electrons. The lowest BCUT2D eigenvalue weighted by Gasteiger charge is -2.29. The molecule has 5 heteroatoms. The molecule has 1 aliphatic carbocycles. The van der Waals surface area contributed by atoms with Crippen molar-refractivity contribution < 1.29 is 9.59 Å². The summed E-state index contributed by atoms with van der Waals surface area (Å²) < 4.78 is 0. The SMILES string of the molecule is CC(C)(C)C(=O)NCC1CCC(C(=O)NCCN2CCc3ccccc32)CC1. The second-order valence-electron chi connectivity index (χ2n) is 9.33. The molecule has 2 aliphatic rings. The highest BCUT2D eigenvalue weighted by atomic mass is 16.2.